The van der Waals surface area contributed by atoms with Crippen molar-refractivity contribution in [3.8, 4) is 0 Å². The maximum atomic E-state index is 12.4. The molecular formula is C33H46N4O6S. The molecule has 11 heteroatoms. The van der Waals surface area contributed by atoms with Crippen LogP contribution in [0.15, 0.2) is 16.1 Å². The average molecular weight is 627 g/mol. The standard InChI is InChI=1S/C33H46N4O6S/c1-6-20-16(2)26(36-33(20)43)13-24-17(3)21(7-9-30(38)39)27(34-24)15-28-22(8-10-31(40)41)18(4)25(35-28)14-29-23(11-12-44)19(5)32(42)37-29/h19,23,29,32,34-35,37,42,44H,6-15H2,1-5H3,(H,38,39)(H,40,41)/t19-,23-,29-,32+/m1/s1. The second-order valence-electron chi connectivity index (χ2n) is 12.3. The third kappa shape index (κ3) is 7.21. The van der Waals surface area contributed by atoms with Crippen molar-refractivity contribution in [2.75, 3.05) is 5.75 Å². The van der Waals surface area contributed by atoms with Crippen molar-refractivity contribution in [2.24, 2.45) is 16.8 Å². The van der Waals surface area contributed by atoms with Crippen LogP contribution in [0.25, 0.3) is 0 Å². The van der Waals surface area contributed by atoms with Gasteiger partial charge < -0.3 is 25.3 Å². The maximum absolute atomic E-state index is 12.4. The molecule has 0 unspecified atom stereocenters. The van der Waals surface area contributed by atoms with E-state index in [0.717, 1.165) is 74.1 Å². The minimum atomic E-state index is -0.883. The second kappa shape index (κ2) is 14.3. The number of rotatable bonds is 15. The van der Waals surface area contributed by atoms with Gasteiger partial charge in [0.1, 0.15) is 6.23 Å². The van der Waals surface area contributed by atoms with Crippen LogP contribution in [-0.2, 0) is 46.5 Å². The molecular weight excluding hydrogens is 580 g/mol. The molecule has 0 bridgehead atoms. The zero-order valence-corrected chi connectivity index (χ0v) is 27.2. The normalized spacial score (nSPS) is 21.9. The molecule has 44 heavy (non-hydrogen) atoms. The zero-order chi connectivity index (χ0) is 32.3. The summed E-state index contributed by atoms with van der Waals surface area (Å²) in [7, 11) is 0. The van der Waals surface area contributed by atoms with Gasteiger partial charge >= 0.3 is 11.9 Å². The number of carboxylic acids is 2. The zero-order valence-electron chi connectivity index (χ0n) is 26.3. The van der Waals surface area contributed by atoms with Crippen molar-refractivity contribution >= 4 is 36.2 Å². The van der Waals surface area contributed by atoms with E-state index in [0.29, 0.717) is 38.5 Å². The summed E-state index contributed by atoms with van der Waals surface area (Å²) in [5.74, 6) is -0.874. The molecule has 240 valence electrons. The third-order valence-corrected chi connectivity index (χ3v) is 9.97. The molecule has 1 fully saturated rings. The lowest BCUT2D eigenvalue weighted by atomic mass is 9.86. The Kier molecular flexibility index (Phi) is 11.0. The molecule has 2 aliphatic heterocycles. The highest BCUT2D eigenvalue weighted by atomic mass is 32.1. The van der Waals surface area contributed by atoms with E-state index in [4.69, 9.17) is 0 Å². The number of carbonyl (C=O) groups is 3. The quantitative estimate of drug-likeness (QED) is 0.145. The minimum absolute atomic E-state index is 0.00899. The number of hydrogen-bond acceptors (Lipinski definition) is 6. The lowest BCUT2D eigenvalue weighted by Crippen LogP contribution is -2.33. The Hall–Kier alpha value is -3.15. The van der Waals surface area contributed by atoms with Crippen molar-refractivity contribution < 1.29 is 29.7 Å². The summed E-state index contributed by atoms with van der Waals surface area (Å²) in [6, 6.07) is 0.0503. The lowest BCUT2D eigenvalue weighted by Gasteiger charge is -2.21. The van der Waals surface area contributed by atoms with E-state index in [1.54, 1.807) is 0 Å². The minimum Gasteiger partial charge on any atom is -0.481 e. The molecule has 4 rings (SSSR count). The second-order valence-corrected chi connectivity index (χ2v) is 12.7. The third-order valence-electron chi connectivity index (χ3n) is 9.71. The number of aromatic amines is 2. The van der Waals surface area contributed by atoms with Crippen LogP contribution >= 0.6 is 12.6 Å². The Labute approximate surface area is 264 Å². The van der Waals surface area contributed by atoms with E-state index in [2.05, 4.69) is 32.9 Å². The van der Waals surface area contributed by atoms with Gasteiger partial charge in [-0.3, -0.25) is 19.7 Å². The average Bonchev–Trinajstić information content (AvgIpc) is 3.60. The van der Waals surface area contributed by atoms with Crippen LogP contribution in [0.1, 0.15) is 91.5 Å². The highest BCUT2D eigenvalue weighted by molar-refractivity contribution is 7.80. The Bertz CT molecular complexity index is 1490. The van der Waals surface area contributed by atoms with E-state index < -0.39 is 18.2 Å². The predicted octanol–water partition coefficient (Wildman–Crippen LogP) is 4.24. The Morgan fingerprint density at radius 2 is 1.48 bits per heavy atom. The molecule has 0 aliphatic carbocycles. The number of aliphatic imine (C=N–C) groups is 1. The highest BCUT2D eigenvalue weighted by Crippen LogP contribution is 2.34. The topological polar surface area (TPSA) is 168 Å². The number of thiol groups is 1. The molecule has 0 spiro atoms. The van der Waals surface area contributed by atoms with E-state index in [9.17, 15) is 29.7 Å². The van der Waals surface area contributed by atoms with Crippen LogP contribution in [-0.4, -0.2) is 66.9 Å². The first-order chi connectivity index (χ1) is 20.9. The number of aliphatic hydroxyl groups excluding tert-OH is 1. The number of aliphatic carboxylic acids is 2. The number of H-pyrrole nitrogens is 2. The summed E-state index contributed by atoms with van der Waals surface area (Å²) in [5, 5.41) is 32.9. The van der Waals surface area contributed by atoms with Gasteiger partial charge in [-0.1, -0.05) is 13.8 Å². The largest absolute Gasteiger partial charge is 0.481 e. The fraction of sp³-hybridized carbons (Fsp3) is 0.576. The van der Waals surface area contributed by atoms with Gasteiger partial charge in [0, 0.05) is 66.5 Å². The van der Waals surface area contributed by atoms with Crippen molar-refractivity contribution in [2.45, 2.75) is 105 Å². The van der Waals surface area contributed by atoms with Crippen LogP contribution in [0, 0.1) is 25.7 Å². The first-order valence-electron chi connectivity index (χ1n) is 15.5. The number of nitrogens with one attached hydrogen (secondary N) is 3. The molecule has 2 aromatic rings. The van der Waals surface area contributed by atoms with Gasteiger partial charge in [-0.25, -0.2) is 4.99 Å². The van der Waals surface area contributed by atoms with Gasteiger partial charge in [-0.2, -0.15) is 12.6 Å². The fourth-order valence-electron chi connectivity index (χ4n) is 7.02. The van der Waals surface area contributed by atoms with Crippen molar-refractivity contribution in [3.05, 3.63) is 56.2 Å². The SMILES string of the molecule is CCC1=C(C)C(Cc2[nH]c(Cc3[nH]c(C[C@H]4N[C@@H](O)[C@H](C)[C@H]4CCS)c(C)c3CCC(=O)O)c(CCC(=O)O)c2C)=NC1=O. The van der Waals surface area contributed by atoms with Crippen LogP contribution in [0.2, 0.25) is 0 Å². The Morgan fingerprint density at radius 1 is 0.909 bits per heavy atom. The maximum Gasteiger partial charge on any atom is 0.303 e. The van der Waals surface area contributed by atoms with Crippen LogP contribution in [0.4, 0.5) is 0 Å². The Balaban J connectivity index is 1.70. The van der Waals surface area contributed by atoms with Crippen molar-refractivity contribution in [1.82, 2.24) is 15.3 Å². The monoisotopic (exact) mass is 626 g/mol. The number of carboxylic acid groups (broad SMARTS) is 2. The van der Waals surface area contributed by atoms with Crippen LogP contribution < -0.4 is 5.32 Å². The molecule has 2 aromatic heterocycles. The molecule has 1 saturated heterocycles. The van der Waals surface area contributed by atoms with Crippen LogP contribution in [0.5, 0.6) is 0 Å². The number of allylic oxidation sites excluding steroid dienone is 1. The van der Waals surface area contributed by atoms with Crippen molar-refractivity contribution in [3.63, 3.8) is 0 Å². The molecule has 6 N–H and O–H groups in total. The van der Waals surface area contributed by atoms with E-state index in [1.807, 2.05) is 34.6 Å². The smallest absolute Gasteiger partial charge is 0.303 e. The van der Waals surface area contributed by atoms with E-state index in [1.165, 1.54) is 0 Å². The number of carbonyl (C=O) groups excluding carboxylic acids is 1. The molecule has 2 aliphatic rings. The molecule has 1 amide bonds. The summed E-state index contributed by atoms with van der Waals surface area (Å²) in [6.45, 7) is 9.90. The molecule has 0 radical (unpaired) electrons. The van der Waals surface area contributed by atoms with Gasteiger partial charge in [0.2, 0.25) is 0 Å². The molecule has 0 saturated carbocycles. The molecule has 4 heterocycles. The van der Waals surface area contributed by atoms with Crippen molar-refractivity contribution in [1.29, 1.82) is 0 Å². The lowest BCUT2D eigenvalue weighted by molar-refractivity contribution is -0.138. The predicted molar refractivity (Wildman–Crippen MR) is 173 cm³/mol. The first-order valence-corrected chi connectivity index (χ1v) is 16.2. The summed E-state index contributed by atoms with van der Waals surface area (Å²) in [6.07, 6.45) is 3.13. The van der Waals surface area contributed by atoms with Gasteiger partial charge in [-0.05, 0) is 91.9 Å². The van der Waals surface area contributed by atoms with Crippen LogP contribution in [0.3, 0.4) is 0 Å². The molecule has 0 aromatic carbocycles. The van der Waals surface area contributed by atoms with Gasteiger partial charge in [0.15, 0.2) is 0 Å². The first kappa shape index (κ1) is 33.7. The van der Waals surface area contributed by atoms with Gasteiger partial charge in [-0.15, -0.1) is 0 Å². The number of amides is 1. The fourth-order valence-corrected chi connectivity index (χ4v) is 7.32. The Morgan fingerprint density at radius 3 is 2.00 bits per heavy atom. The van der Waals surface area contributed by atoms with E-state index >= 15 is 0 Å². The number of hydrogen-bond donors (Lipinski definition) is 7. The summed E-state index contributed by atoms with van der Waals surface area (Å²) >= 11 is 4.44. The summed E-state index contributed by atoms with van der Waals surface area (Å²) in [5.41, 5.74) is 9.88. The summed E-state index contributed by atoms with van der Waals surface area (Å²) in [4.78, 5) is 47.0. The van der Waals surface area contributed by atoms with E-state index in [-0.39, 0.29) is 36.6 Å². The van der Waals surface area contributed by atoms with Gasteiger partial charge in [0.05, 0.1) is 5.71 Å². The molecule has 4 atom stereocenters. The number of aliphatic hydroxyl groups is 1. The number of aromatic nitrogens is 2. The number of nitrogens with zero attached hydrogens (tertiary/aromatic N) is 1. The molecule has 10 nitrogen and oxygen atoms in total. The van der Waals surface area contributed by atoms with Gasteiger partial charge in [0.25, 0.3) is 5.91 Å². The summed E-state index contributed by atoms with van der Waals surface area (Å²) < 4.78 is 0. The highest BCUT2D eigenvalue weighted by Gasteiger charge is 2.39.